The van der Waals surface area contributed by atoms with Crippen LogP contribution >= 0.6 is 11.3 Å². The van der Waals surface area contributed by atoms with Crippen LogP contribution in [0.2, 0.25) is 0 Å². The largest absolute Gasteiger partial charge is 0.478 e. The van der Waals surface area contributed by atoms with Crippen molar-refractivity contribution in [1.82, 2.24) is 10.2 Å². The van der Waals surface area contributed by atoms with Crippen molar-refractivity contribution in [2.45, 2.75) is 25.4 Å². The Balaban J connectivity index is 1.65. The van der Waals surface area contributed by atoms with Crippen molar-refractivity contribution in [3.05, 3.63) is 40.4 Å². The molecule has 2 N–H and O–H groups in total. The number of hydrogen-bond donors (Lipinski definition) is 2. The highest BCUT2D eigenvalue weighted by Gasteiger charge is 2.22. The summed E-state index contributed by atoms with van der Waals surface area (Å²) in [6.45, 7) is 0.720. The molecule has 120 valence electrons. The van der Waals surface area contributed by atoms with E-state index in [9.17, 15) is 9.59 Å². The van der Waals surface area contributed by atoms with Crippen molar-refractivity contribution >= 4 is 28.3 Å². The maximum atomic E-state index is 12.1. The van der Waals surface area contributed by atoms with Gasteiger partial charge in [-0.25, -0.2) is 4.79 Å². The first-order valence-corrected chi connectivity index (χ1v) is 8.01. The number of carboxylic acids is 1. The number of benzene rings is 1. The Kier molecular flexibility index (Phi) is 4.63. The zero-order chi connectivity index (χ0) is 16.2. The monoisotopic (exact) mass is 333 g/mol. The fourth-order valence-corrected chi connectivity index (χ4v) is 3.25. The number of carboxylic acid groups (broad SMARTS) is 1. The average molecular weight is 333 g/mol. The minimum atomic E-state index is -1.05. The number of ether oxygens (including phenoxy) is 1. The summed E-state index contributed by atoms with van der Waals surface area (Å²) in [5, 5.41) is 20.9. The lowest BCUT2D eigenvalue weighted by molar-refractivity contribution is -0.115. The molecule has 0 saturated carbocycles. The number of nitrogens with one attached hydrogen (secondary N) is 1. The Morgan fingerprint density at radius 2 is 2.17 bits per heavy atom. The van der Waals surface area contributed by atoms with Gasteiger partial charge < -0.3 is 15.2 Å². The smallest absolute Gasteiger partial charge is 0.335 e. The second-order valence-electron chi connectivity index (χ2n) is 5.13. The molecule has 1 aliphatic rings. The molecule has 0 bridgehead atoms. The van der Waals surface area contributed by atoms with E-state index in [4.69, 9.17) is 9.84 Å². The van der Waals surface area contributed by atoms with E-state index in [1.165, 1.54) is 17.4 Å². The molecule has 2 heterocycles. The lowest BCUT2D eigenvalue weighted by atomic mass is 10.0. The van der Waals surface area contributed by atoms with E-state index in [1.54, 1.807) is 18.2 Å². The fraction of sp³-hybridized carbons (Fsp3) is 0.333. The summed E-state index contributed by atoms with van der Waals surface area (Å²) >= 11 is 1.28. The second kappa shape index (κ2) is 6.84. The Hall–Kier alpha value is -2.32. The molecule has 7 nitrogen and oxygen atoms in total. The molecule has 1 atom stereocenters. The zero-order valence-corrected chi connectivity index (χ0v) is 13.0. The van der Waals surface area contributed by atoms with Crippen molar-refractivity contribution in [1.29, 1.82) is 0 Å². The highest BCUT2D eigenvalue weighted by atomic mass is 32.1. The van der Waals surface area contributed by atoms with Gasteiger partial charge in [0.2, 0.25) is 11.0 Å². The summed E-state index contributed by atoms with van der Waals surface area (Å²) in [5.41, 5.74) is 0.585. The van der Waals surface area contributed by atoms with Crippen LogP contribution in [0.15, 0.2) is 24.3 Å². The molecule has 1 saturated heterocycles. The molecular formula is C15H15N3O4S. The van der Waals surface area contributed by atoms with E-state index >= 15 is 0 Å². The van der Waals surface area contributed by atoms with E-state index < -0.39 is 5.97 Å². The molecule has 1 aromatic carbocycles. The molecular weight excluding hydrogens is 318 g/mol. The van der Waals surface area contributed by atoms with Gasteiger partial charge in [-0.05, 0) is 24.5 Å². The molecule has 2 aromatic rings. The minimum Gasteiger partial charge on any atom is -0.478 e. The summed E-state index contributed by atoms with van der Waals surface area (Å²) in [7, 11) is 0. The third kappa shape index (κ3) is 3.72. The van der Waals surface area contributed by atoms with E-state index in [0.717, 1.165) is 24.5 Å². The Bertz CT molecular complexity index is 725. The number of anilines is 1. The van der Waals surface area contributed by atoms with Crippen LogP contribution in [0.3, 0.4) is 0 Å². The van der Waals surface area contributed by atoms with Crippen molar-refractivity contribution in [2.24, 2.45) is 0 Å². The topological polar surface area (TPSA) is 101 Å². The van der Waals surface area contributed by atoms with Gasteiger partial charge in [-0.3, -0.25) is 4.79 Å². The summed E-state index contributed by atoms with van der Waals surface area (Å²) in [4.78, 5) is 23.2. The summed E-state index contributed by atoms with van der Waals surface area (Å²) < 4.78 is 5.52. The summed E-state index contributed by atoms with van der Waals surface area (Å²) in [5.74, 6) is -1.38. The van der Waals surface area contributed by atoms with Gasteiger partial charge in [-0.15, -0.1) is 10.2 Å². The van der Waals surface area contributed by atoms with Crippen LogP contribution in [0.25, 0.3) is 0 Å². The summed E-state index contributed by atoms with van der Waals surface area (Å²) in [6.07, 6.45) is 1.84. The summed E-state index contributed by atoms with van der Waals surface area (Å²) in [6, 6.07) is 6.44. The maximum Gasteiger partial charge on any atom is 0.335 e. The number of nitrogens with zero attached hydrogens (tertiary/aromatic N) is 2. The molecule has 8 heteroatoms. The van der Waals surface area contributed by atoms with Crippen molar-refractivity contribution < 1.29 is 19.4 Å². The maximum absolute atomic E-state index is 12.1. The van der Waals surface area contributed by atoms with Gasteiger partial charge in [-0.2, -0.15) is 0 Å². The predicted octanol–water partition coefficient (Wildman–Crippen LogP) is 2.27. The first-order valence-electron chi connectivity index (χ1n) is 7.19. The van der Waals surface area contributed by atoms with Crippen LogP contribution in [-0.4, -0.2) is 33.8 Å². The van der Waals surface area contributed by atoms with Gasteiger partial charge in [0, 0.05) is 6.61 Å². The molecule has 0 radical (unpaired) electrons. The number of carbonyl (C=O) groups excluding carboxylic acids is 1. The van der Waals surface area contributed by atoms with Gasteiger partial charge in [0.15, 0.2) is 0 Å². The third-order valence-corrected chi connectivity index (χ3v) is 4.42. The lowest BCUT2D eigenvalue weighted by Crippen LogP contribution is -2.16. The zero-order valence-electron chi connectivity index (χ0n) is 12.2. The Morgan fingerprint density at radius 1 is 1.35 bits per heavy atom. The molecule has 1 unspecified atom stereocenters. The van der Waals surface area contributed by atoms with Gasteiger partial charge in [0.25, 0.3) is 0 Å². The number of aromatic nitrogens is 2. The first kappa shape index (κ1) is 15.6. The molecule has 23 heavy (non-hydrogen) atoms. The van der Waals surface area contributed by atoms with Crippen molar-refractivity contribution in [3.63, 3.8) is 0 Å². The Labute approximate surface area is 136 Å². The first-order chi connectivity index (χ1) is 11.1. The van der Waals surface area contributed by atoms with Crippen LogP contribution in [0.5, 0.6) is 0 Å². The van der Waals surface area contributed by atoms with E-state index in [1.807, 2.05) is 0 Å². The van der Waals surface area contributed by atoms with E-state index in [2.05, 4.69) is 15.5 Å². The van der Waals surface area contributed by atoms with Crippen LogP contribution in [0.1, 0.15) is 39.9 Å². The standard InChI is InChI=1S/C15H15N3O4S/c19-12(8-9-4-1-2-5-10(9)14(20)21)16-15-18-17-13(23-15)11-6-3-7-22-11/h1-2,4-5,11H,3,6-8H2,(H,20,21)(H,16,18,19). The number of amides is 1. The van der Waals surface area contributed by atoms with Gasteiger partial charge >= 0.3 is 5.97 Å². The van der Waals surface area contributed by atoms with Crippen molar-refractivity contribution in [3.8, 4) is 0 Å². The van der Waals surface area contributed by atoms with Gasteiger partial charge in [0.05, 0.1) is 12.0 Å². The minimum absolute atomic E-state index is 0.0304. The number of hydrogen-bond acceptors (Lipinski definition) is 6. The predicted molar refractivity (Wildman–Crippen MR) is 83.6 cm³/mol. The van der Waals surface area contributed by atoms with Crippen LogP contribution in [-0.2, 0) is 16.0 Å². The molecule has 0 aliphatic carbocycles. The highest BCUT2D eigenvalue weighted by molar-refractivity contribution is 7.15. The second-order valence-corrected chi connectivity index (χ2v) is 6.14. The fourth-order valence-electron chi connectivity index (χ4n) is 2.41. The van der Waals surface area contributed by atoms with Crippen molar-refractivity contribution in [2.75, 3.05) is 11.9 Å². The molecule has 3 rings (SSSR count). The van der Waals surface area contributed by atoms with E-state index in [-0.39, 0.29) is 24.0 Å². The number of aromatic carboxylic acids is 1. The van der Waals surface area contributed by atoms with Crippen LogP contribution < -0.4 is 5.32 Å². The molecule has 1 fully saturated rings. The Morgan fingerprint density at radius 3 is 2.91 bits per heavy atom. The molecule has 0 spiro atoms. The quantitative estimate of drug-likeness (QED) is 0.870. The van der Waals surface area contributed by atoms with Gasteiger partial charge in [-0.1, -0.05) is 29.5 Å². The number of carbonyl (C=O) groups is 2. The van der Waals surface area contributed by atoms with Crippen LogP contribution in [0, 0.1) is 0 Å². The molecule has 1 amide bonds. The normalized spacial score (nSPS) is 17.1. The number of rotatable bonds is 5. The SMILES string of the molecule is O=C(Cc1ccccc1C(=O)O)Nc1nnc(C2CCCO2)s1. The highest BCUT2D eigenvalue weighted by Crippen LogP contribution is 2.31. The van der Waals surface area contributed by atoms with Crippen LogP contribution in [0.4, 0.5) is 5.13 Å². The van der Waals surface area contributed by atoms with E-state index in [0.29, 0.717) is 10.7 Å². The molecule has 1 aliphatic heterocycles. The van der Waals surface area contributed by atoms with Gasteiger partial charge in [0.1, 0.15) is 11.1 Å². The molecule has 1 aromatic heterocycles. The third-order valence-electron chi connectivity index (χ3n) is 3.49. The average Bonchev–Trinajstić information content (AvgIpc) is 3.18. The lowest BCUT2D eigenvalue weighted by Gasteiger charge is -2.05.